The van der Waals surface area contributed by atoms with Gasteiger partial charge in [0.1, 0.15) is 12.2 Å². The van der Waals surface area contributed by atoms with Crippen LogP contribution in [0.2, 0.25) is 0 Å². The van der Waals surface area contributed by atoms with Crippen LogP contribution in [0.4, 0.5) is 0 Å². The van der Waals surface area contributed by atoms with Crippen LogP contribution >= 0.6 is 7.60 Å². The largest absolute Gasteiger partial charge is 0.380 e. The van der Waals surface area contributed by atoms with Crippen molar-refractivity contribution in [1.82, 2.24) is 15.2 Å². The molecule has 0 radical (unpaired) electrons. The Bertz CT molecular complexity index is 361. The Morgan fingerprint density at radius 3 is 2.50 bits per heavy atom. The molecule has 0 fully saturated rings. The molecule has 1 rings (SSSR count). The van der Waals surface area contributed by atoms with Crippen LogP contribution in [0.3, 0.4) is 0 Å². The third-order valence-corrected chi connectivity index (χ3v) is 4.46. The number of H-pyrrole nitrogens is 1. The molecule has 8 heteroatoms. The van der Waals surface area contributed by atoms with E-state index in [1.54, 1.807) is 21.0 Å². The summed E-state index contributed by atoms with van der Waals surface area (Å²) < 4.78 is 28.1. The van der Waals surface area contributed by atoms with Crippen molar-refractivity contribution in [3.63, 3.8) is 0 Å². The second-order valence-electron chi connectivity index (χ2n) is 3.62. The highest BCUT2D eigenvalue weighted by Crippen LogP contribution is 2.48. The van der Waals surface area contributed by atoms with Crippen molar-refractivity contribution in [3.8, 4) is 0 Å². The standard InChI is InChI=1S/C10H20N3O4P/c1-4-16-18(14,17-5-2)7-9(15-3)6-10-11-8-12-13-10/h8-9H,4-7H2,1-3H3,(H,11,12,13). The predicted molar refractivity (Wildman–Crippen MR) is 66.6 cm³/mol. The van der Waals surface area contributed by atoms with Gasteiger partial charge in [-0.15, -0.1) is 0 Å². The molecule has 1 N–H and O–H groups in total. The number of aromatic amines is 1. The molecule has 0 aliphatic heterocycles. The van der Waals surface area contributed by atoms with E-state index in [9.17, 15) is 4.57 Å². The maximum absolute atomic E-state index is 12.3. The Morgan fingerprint density at radius 2 is 2.06 bits per heavy atom. The lowest BCUT2D eigenvalue weighted by Gasteiger charge is -2.21. The van der Waals surface area contributed by atoms with Crippen LogP contribution < -0.4 is 0 Å². The van der Waals surface area contributed by atoms with Crippen molar-refractivity contribution in [3.05, 3.63) is 12.2 Å². The Kier molecular flexibility index (Phi) is 6.49. The summed E-state index contributed by atoms with van der Waals surface area (Å²) >= 11 is 0. The molecule has 1 aromatic rings. The summed E-state index contributed by atoms with van der Waals surface area (Å²) in [4.78, 5) is 4.01. The minimum absolute atomic E-state index is 0.200. The molecule has 0 spiro atoms. The SMILES string of the molecule is CCOP(=O)(CC(Cc1ncn[nH]1)OC)OCC. The van der Waals surface area contributed by atoms with E-state index >= 15 is 0 Å². The molecule has 1 aromatic heterocycles. The molecule has 0 saturated carbocycles. The van der Waals surface area contributed by atoms with E-state index in [4.69, 9.17) is 13.8 Å². The molecule has 1 unspecified atom stereocenters. The number of nitrogens with one attached hydrogen (secondary N) is 1. The first-order valence-electron chi connectivity index (χ1n) is 5.88. The fourth-order valence-corrected chi connectivity index (χ4v) is 3.40. The summed E-state index contributed by atoms with van der Waals surface area (Å²) in [5.41, 5.74) is 0. The van der Waals surface area contributed by atoms with Gasteiger partial charge in [-0.3, -0.25) is 9.66 Å². The summed E-state index contributed by atoms with van der Waals surface area (Å²) in [6.45, 7) is 4.25. The van der Waals surface area contributed by atoms with Crippen molar-refractivity contribution in [2.45, 2.75) is 26.4 Å². The fourth-order valence-electron chi connectivity index (χ4n) is 1.55. The highest BCUT2D eigenvalue weighted by Gasteiger charge is 2.29. The van der Waals surface area contributed by atoms with Gasteiger partial charge in [-0.2, -0.15) is 5.10 Å². The first-order valence-corrected chi connectivity index (χ1v) is 7.61. The molecular weight excluding hydrogens is 257 g/mol. The molecule has 0 bridgehead atoms. The van der Waals surface area contributed by atoms with E-state index in [1.807, 2.05) is 0 Å². The van der Waals surface area contributed by atoms with Crippen LogP contribution in [0.5, 0.6) is 0 Å². The van der Waals surface area contributed by atoms with Crippen LogP contribution in [-0.2, 0) is 24.8 Å². The van der Waals surface area contributed by atoms with Crippen LogP contribution in [0, 0.1) is 0 Å². The molecule has 1 atom stereocenters. The first-order chi connectivity index (χ1) is 8.63. The Morgan fingerprint density at radius 1 is 1.39 bits per heavy atom. The predicted octanol–water partition coefficient (Wildman–Crippen LogP) is 1.63. The Balaban J connectivity index is 2.61. The third kappa shape index (κ3) is 4.86. The van der Waals surface area contributed by atoms with E-state index in [2.05, 4.69) is 15.2 Å². The van der Waals surface area contributed by atoms with Gasteiger partial charge < -0.3 is 13.8 Å². The maximum Gasteiger partial charge on any atom is 0.333 e. The molecule has 0 amide bonds. The monoisotopic (exact) mass is 277 g/mol. The average molecular weight is 277 g/mol. The molecule has 0 saturated heterocycles. The normalized spacial score (nSPS) is 13.7. The van der Waals surface area contributed by atoms with E-state index in [1.165, 1.54) is 6.33 Å². The van der Waals surface area contributed by atoms with Gasteiger partial charge in [-0.25, -0.2) is 4.98 Å². The molecule has 0 aliphatic rings. The molecule has 0 aliphatic carbocycles. The summed E-state index contributed by atoms with van der Waals surface area (Å²) in [5, 5.41) is 6.49. The Hall–Kier alpha value is -0.750. The molecular formula is C10H20N3O4P. The van der Waals surface area contributed by atoms with E-state index in [-0.39, 0.29) is 12.3 Å². The lowest BCUT2D eigenvalue weighted by atomic mass is 10.3. The zero-order valence-electron chi connectivity index (χ0n) is 11.0. The lowest BCUT2D eigenvalue weighted by Crippen LogP contribution is -2.21. The average Bonchev–Trinajstić information content (AvgIpc) is 2.81. The van der Waals surface area contributed by atoms with Crippen molar-refractivity contribution in [1.29, 1.82) is 0 Å². The van der Waals surface area contributed by atoms with Gasteiger partial charge in [-0.05, 0) is 13.8 Å². The fraction of sp³-hybridized carbons (Fsp3) is 0.800. The van der Waals surface area contributed by atoms with Crippen LogP contribution in [0.15, 0.2) is 6.33 Å². The molecule has 0 aromatic carbocycles. The van der Waals surface area contributed by atoms with Crippen LogP contribution in [-0.4, -0.2) is 47.8 Å². The molecule has 104 valence electrons. The number of ether oxygens (including phenoxy) is 1. The summed E-state index contributed by atoms with van der Waals surface area (Å²) in [5.74, 6) is 0.682. The topological polar surface area (TPSA) is 86.3 Å². The Labute approximate surface area is 107 Å². The number of methoxy groups -OCH3 is 1. The van der Waals surface area contributed by atoms with Crippen molar-refractivity contribution in [2.75, 3.05) is 26.5 Å². The molecule has 7 nitrogen and oxygen atoms in total. The zero-order chi connectivity index (χ0) is 13.4. The lowest BCUT2D eigenvalue weighted by molar-refractivity contribution is 0.109. The van der Waals surface area contributed by atoms with Gasteiger partial charge in [-0.1, -0.05) is 0 Å². The number of aromatic nitrogens is 3. The summed E-state index contributed by atoms with van der Waals surface area (Å²) in [6, 6.07) is 0. The van der Waals surface area contributed by atoms with Crippen LogP contribution in [0.1, 0.15) is 19.7 Å². The molecule has 1 heterocycles. The maximum atomic E-state index is 12.3. The van der Waals surface area contributed by atoms with Crippen molar-refractivity contribution < 1.29 is 18.3 Å². The van der Waals surface area contributed by atoms with Gasteiger partial charge in [0.25, 0.3) is 0 Å². The summed E-state index contributed by atoms with van der Waals surface area (Å²) in [7, 11) is -1.54. The zero-order valence-corrected chi connectivity index (χ0v) is 11.9. The minimum atomic E-state index is -3.10. The number of hydrogen-bond donors (Lipinski definition) is 1. The van der Waals surface area contributed by atoms with E-state index < -0.39 is 7.60 Å². The molecule has 18 heavy (non-hydrogen) atoms. The third-order valence-electron chi connectivity index (χ3n) is 2.30. The van der Waals surface area contributed by atoms with Gasteiger partial charge in [0.05, 0.1) is 25.5 Å². The first kappa shape index (κ1) is 15.3. The van der Waals surface area contributed by atoms with Gasteiger partial charge in [0.2, 0.25) is 0 Å². The second-order valence-corrected chi connectivity index (χ2v) is 5.73. The van der Waals surface area contributed by atoms with E-state index in [0.717, 1.165) is 0 Å². The number of rotatable bonds is 9. The summed E-state index contributed by atoms with van der Waals surface area (Å²) in [6.07, 6.45) is 1.82. The van der Waals surface area contributed by atoms with Gasteiger partial charge in [0.15, 0.2) is 0 Å². The smallest absolute Gasteiger partial charge is 0.333 e. The highest BCUT2D eigenvalue weighted by molar-refractivity contribution is 7.53. The van der Waals surface area contributed by atoms with Gasteiger partial charge >= 0.3 is 7.60 Å². The van der Waals surface area contributed by atoms with Crippen molar-refractivity contribution >= 4 is 7.60 Å². The van der Waals surface area contributed by atoms with E-state index in [0.29, 0.717) is 25.5 Å². The number of nitrogens with zero attached hydrogens (tertiary/aromatic N) is 2. The quantitative estimate of drug-likeness (QED) is 0.690. The highest BCUT2D eigenvalue weighted by atomic mass is 31.2. The second kappa shape index (κ2) is 7.63. The number of hydrogen-bond acceptors (Lipinski definition) is 6. The van der Waals surface area contributed by atoms with Gasteiger partial charge in [0, 0.05) is 13.5 Å². The van der Waals surface area contributed by atoms with Crippen molar-refractivity contribution in [2.24, 2.45) is 0 Å². The minimum Gasteiger partial charge on any atom is -0.380 e. The van der Waals surface area contributed by atoms with Crippen LogP contribution in [0.25, 0.3) is 0 Å².